The largest absolute Gasteiger partial charge is 0.478 e. The topological polar surface area (TPSA) is 86.8 Å². The van der Waals surface area contributed by atoms with Crippen LogP contribution in [0, 0.1) is 17.0 Å². The Kier molecular flexibility index (Phi) is 12.6. The fourth-order valence-electron chi connectivity index (χ4n) is 6.95. The van der Waals surface area contributed by atoms with E-state index in [4.69, 9.17) is 4.74 Å². The highest BCUT2D eigenvalue weighted by Gasteiger charge is 2.37. The van der Waals surface area contributed by atoms with Gasteiger partial charge < -0.3 is 20.3 Å². The van der Waals surface area contributed by atoms with Crippen LogP contribution in [0.4, 0.5) is 33.3 Å². The molecular weight excluding hydrogens is 722 g/mol. The van der Waals surface area contributed by atoms with Crippen molar-refractivity contribution >= 4 is 31.3 Å². The van der Waals surface area contributed by atoms with Crippen molar-refractivity contribution in [2.75, 3.05) is 37.0 Å². The number of rotatable bonds is 11. The number of benzene rings is 2. The van der Waals surface area contributed by atoms with Crippen LogP contribution in [0.1, 0.15) is 81.2 Å². The van der Waals surface area contributed by atoms with Crippen molar-refractivity contribution in [3.8, 4) is 17.0 Å². The lowest BCUT2D eigenvalue weighted by Gasteiger charge is -2.44. The summed E-state index contributed by atoms with van der Waals surface area (Å²) < 4.78 is 79.5. The molecule has 0 spiro atoms. The summed E-state index contributed by atoms with van der Waals surface area (Å²) in [6, 6.07) is 8.00. The molecule has 0 radical (unpaired) electrons. The Balaban J connectivity index is 1.77. The smallest absolute Gasteiger partial charge is 0.417 e. The molecule has 2 aromatic carbocycles. The van der Waals surface area contributed by atoms with Crippen LogP contribution in [-0.2, 0) is 6.18 Å². The number of hydrogen-bond acceptors (Lipinski definition) is 6. The summed E-state index contributed by atoms with van der Waals surface area (Å²) in [5, 5.41) is 5.50. The van der Waals surface area contributed by atoms with Gasteiger partial charge in [-0.25, -0.2) is 13.8 Å². The molecule has 1 fully saturated rings. The number of carbonyl (C=O) groups is 2. The van der Waals surface area contributed by atoms with E-state index >= 15 is 8.78 Å². The van der Waals surface area contributed by atoms with Crippen molar-refractivity contribution in [1.29, 1.82) is 0 Å². The van der Waals surface area contributed by atoms with Gasteiger partial charge in [0.05, 0.1) is 34.7 Å². The Hall–Kier alpha value is -4.04. The molecule has 2 atom stereocenters. The molecule has 1 aliphatic rings. The molecule has 3 aromatic rings. The van der Waals surface area contributed by atoms with E-state index in [9.17, 15) is 22.8 Å². The first-order chi connectivity index (χ1) is 24.7. The number of alkyl halides is 3. The number of pyridine rings is 1. The van der Waals surface area contributed by atoms with Gasteiger partial charge in [0.25, 0.3) is 11.8 Å². The van der Waals surface area contributed by atoms with E-state index in [1.54, 1.807) is 12.1 Å². The van der Waals surface area contributed by atoms with E-state index < -0.39 is 54.4 Å². The number of anilines is 2. The highest BCUT2D eigenvalue weighted by molar-refractivity contribution is 6.76. The summed E-state index contributed by atoms with van der Waals surface area (Å²) in [5.74, 6) is -4.07. The maximum absolute atomic E-state index is 15.6. The van der Waals surface area contributed by atoms with Gasteiger partial charge in [-0.3, -0.25) is 14.5 Å². The second-order valence-corrected chi connectivity index (χ2v) is 23.2. The molecule has 8 nitrogen and oxygen atoms in total. The molecule has 2 N–H and O–H groups in total. The second-order valence-electron chi connectivity index (χ2n) is 17.6. The van der Waals surface area contributed by atoms with Crippen LogP contribution in [0.25, 0.3) is 11.1 Å². The number of halogens is 5. The third-order valence-corrected chi connectivity index (χ3v) is 11.2. The summed E-state index contributed by atoms with van der Waals surface area (Å²) in [7, 11) is 0.462. The van der Waals surface area contributed by atoms with Gasteiger partial charge in [0.2, 0.25) is 5.88 Å². The quantitative estimate of drug-likeness (QED) is 0.149. The standard InChI is InChI=1S/C40H54F5N5O3Si/c1-24-21-50(22-25(2)49(24)8)34-13-12-26(27-17-28(32(42)19-31(27)41)37(52)48-39(6,7)23-38(3,4)5)16-33(34)47-36(51)29-20-46-35(18-30(29)40(43,44)45)53-14-15-54(9,10)11/h12-13,16-20,24-25H,14-15,21-23H2,1-11H3,(H,47,51)(H,48,52)/t24-,25+. The number of piperazine rings is 1. The summed E-state index contributed by atoms with van der Waals surface area (Å²) in [6.07, 6.45) is -3.48. The monoisotopic (exact) mass is 775 g/mol. The van der Waals surface area contributed by atoms with Crippen molar-refractivity contribution in [3.05, 3.63) is 70.9 Å². The van der Waals surface area contributed by atoms with Crippen LogP contribution in [0.2, 0.25) is 25.7 Å². The Bertz CT molecular complexity index is 1840. The SMILES string of the molecule is C[C@@H]1CN(c2ccc(-c3cc(C(=O)NC(C)(C)CC(C)(C)C)c(F)cc3F)cc2NC(=O)c2cnc(OCC[Si](C)(C)C)cc2C(F)(F)F)C[C@H](C)N1C. The van der Waals surface area contributed by atoms with Gasteiger partial charge in [-0.2, -0.15) is 13.2 Å². The van der Waals surface area contributed by atoms with Gasteiger partial charge in [-0.15, -0.1) is 0 Å². The number of aromatic nitrogens is 1. The molecule has 1 aliphatic heterocycles. The van der Waals surface area contributed by atoms with Crippen molar-refractivity contribution in [3.63, 3.8) is 0 Å². The molecule has 1 aromatic heterocycles. The zero-order valence-electron chi connectivity index (χ0n) is 33.2. The van der Waals surface area contributed by atoms with Gasteiger partial charge >= 0.3 is 6.18 Å². The predicted octanol–water partition coefficient (Wildman–Crippen LogP) is 9.49. The van der Waals surface area contributed by atoms with E-state index in [2.05, 4.69) is 40.2 Å². The Morgan fingerprint density at radius 2 is 1.54 bits per heavy atom. The number of nitrogens with one attached hydrogen (secondary N) is 2. The molecule has 0 aliphatic carbocycles. The molecule has 2 amide bonds. The van der Waals surface area contributed by atoms with Crippen LogP contribution in [0.3, 0.4) is 0 Å². The predicted molar refractivity (Wildman–Crippen MR) is 207 cm³/mol. The number of nitrogens with zero attached hydrogens (tertiary/aromatic N) is 3. The molecule has 1 saturated heterocycles. The fraction of sp³-hybridized carbons (Fsp3) is 0.525. The summed E-state index contributed by atoms with van der Waals surface area (Å²) in [6.45, 7) is 21.3. The second kappa shape index (κ2) is 16.0. The number of ether oxygens (including phenoxy) is 1. The van der Waals surface area contributed by atoms with Gasteiger partial charge in [0.1, 0.15) is 11.6 Å². The van der Waals surface area contributed by atoms with Gasteiger partial charge in [-0.05, 0) is 76.4 Å². The Morgan fingerprint density at radius 3 is 2.11 bits per heavy atom. The maximum Gasteiger partial charge on any atom is 0.417 e. The van der Waals surface area contributed by atoms with E-state index in [0.29, 0.717) is 37.3 Å². The first-order valence-electron chi connectivity index (χ1n) is 18.2. The van der Waals surface area contributed by atoms with E-state index in [-0.39, 0.29) is 52.4 Å². The Labute approximate surface area is 316 Å². The fourth-order valence-corrected chi connectivity index (χ4v) is 7.67. The minimum atomic E-state index is -4.91. The van der Waals surface area contributed by atoms with Crippen LogP contribution in [0.5, 0.6) is 5.88 Å². The van der Waals surface area contributed by atoms with Crippen molar-refractivity contribution in [2.45, 2.75) is 104 Å². The first-order valence-corrected chi connectivity index (χ1v) is 21.9. The van der Waals surface area contributed by atoms with Gasteiger partial charge in [-0.1, -0.05) is 46.5 Å². The Morgan fingerprint density at radius 1 is 0.907 bits per heavy atom. The molecule has 296 valence electrons. The van der Waals surface area contributed by atoms with Crippen LogP contribution >= 0.6 is 0 Å². The van der Waals surface area contributed by atoms with E-state index in [1.165, 1.54) is 6.07 Å². The van der Waals surface area contributed by atoms with Gasteiger partial charge in [0, 0.05) is 62.7 Å². The first kappa shape index (κ1) is 42.7. The summed E-state index contributed by atoms with van der Waals surface area (Å²) in [4.78, 5) is 35.4. The van der Waals surface area contributed by atoms with E-state index in [1.807, 2.05) is 60.4 Å². The normalized spacial score (nSPS) is 17.4. The number of hydrogen-bond donors (Lipinski definition) is 2. The number of amides is 2. The van der Waals surface area contributed by atoms with Crippen LogP contribution in [-0.4, -0.2) is 74.1 Å². The molecule has 2 heterocycles. The lowest BCUT2D eigenvalue weighted by atomic mass is 9.81. The third-order valence-electron chi connectivity index (χ3n) is 9.51. The maximum atomic E-state index is 15.6. The van der Waals surface area contributed by atoms with E-state index in [0.717, 1.165) is 18.3 Å². The molecule has 4 rings (SSSR count). The molecular formula is C40H54F5N5O3Si. The zero-order chi connectivity index (χ0) is 40.6. The number of likely N-dealkylation sites (N-methyl/N-ethyl adjacent to an activating group) is 1. The summed E-state index contributed by atoms with van der Waals surface area (Å²) >= 11 is 0. The van der Waals surface area contributed by atoms with Crippen molar-refractivity contribution < 1.29 is 36.3 Å². The lowest BCUT2D eigenvalue weighted by molar-refractivity contribution is -0.138. The average Bonchev–Trinajstić information content (AvgIpc) is 3.01. The summed E-state index contributed by atoms with van der Waals surface area (Å²) in [5.41, 5.74) is -2.53. The van der Waals surface area contributed by atoms with Crippen molar-refractivity contribution in [2.24, 2.45) is 5.41 Å². The molecule has 14 heteroatoms. The molecule has 54 heavy (non-hydrogen) atoms. The van der Waals surface area contributed by atoms with Crippen LogP contribution in [0.15, 0.2) is 42.6 Å². The molecule has 0 bridgehead atoms. The number of carbonyl (C=O) groups excluding carboxylic acids is 2. The third kappa shape index (κ3) is 11.0. The highest BCUT2D eigenvalue weighted by Crippen LogP contribution is 2.38. The van der Waals surface area contributed by atoms with Gasteiger partial charge in [0.15, 0.2) is 0 Å². The zero-order valence-corrected chi connectivity index (χ0v) is 34.2. The van der Waals surface area contributed by atoms with Crippen LogP contribution < -0.4 is 20.3 Å². The lowest BCUT2D eigenvalue weighted by Crippen LogP contribution is -2.55. The highest BCUT2D eigenvalue weighted by atomic mass is 28.3. The minimum absolute atomic E-state index is 0.0876. The minimum Gasteiger partial charge on any atom is -0.478 e. The molecule has 0 unspecified atom stereocenters. The molecule has 0 saturated carbocycles. The average molecular weight is 776 g/mol. The van der Waals surface area contributed by atoms with Crippen molar-refractivity contribution in [1.82, 2.24) is 15.2 Å².